The third-order valence-electron chi connectivity index (χ3n) is 2.80. The number of fused-ring (bicyclic) bond motifs is 1. The number of H-pyrrole nitrogens is 1. The van der Waals surface area contributed by atoms with E-state index in [0.29, 0.717) is 18.1 Å². The maximum absolute atomic E-state index is 12.4. The molecule has 0 fully saturated rings. The lowest BCUT2D eigenvalue weighted by molar-refractivity contribution is 0.0983. The normalized spacial score (nSPS) is 14.3. The molecule has 0 bridgehead atoms. The summed E-state index contributed by atoms with van der Waals surface area (Å²) >= 11 is 1.77. The Balaban J connectivity index is 1.96. The maximum Gasteiger partial charge on any atom is 0.276 e. The van der Waals surface area contributed by atoms with Crippen LogP contribution in [0.3, 0.4) is 0 Å². The molecule has 3 rings (SSSR count). The van der Waals surface area contributed by atoms with Crippen molar-refractivity contribution in [1.82, 2.24) is 10.2 Å². The number of nitrogens with one attached hydrogen (secondary N) is 1. The number of aromatic nitrogens is 2. The zero-order chi connectivity index (χ0) is 12.5. The summed E-state index contributed by atoms with van der Waals surface area (Å²) < 4.78 is 0. The topological polar surface area (TPSA) is 75.0 Å². The molecule has 2 heterocycles. The van der Waals surface area contributed by atoms with Crippen LogP contribution >= 0.6 is 11.8 Å². The minimum Gasteiger partial charge on any atom is -0.382 e. The van der Waals surface area contributed by atoms with Gasteiger partial charge in [-0.05, 0) is 12.1 Å². The van der Waals surface area contributed by atoms with E-state index in [4.69, 9.17) is 5.73 Å². The Kier molecular flexibility index (Phi) is 2.71. The predicted octanol–water partition coefficient (Wildman–Crippen LogP) is 1.74. The molecule has 0 saturated carbocycles. The van der Waals surface area contributed by atoms with Crippen LogP contribution in [0.4, 0.5) is 11.5 Å². The molecule has 0 aliphatic carbocycles. The van der Waals surface area contributed by atoms with Crippen molar-refractivity contribution in [3.05, 3.63) is 36.0 Å². The zero-order valence-corrected chi connectivity index (χ0v) is 10.4. The molecule has 0 unspecified atom stereocenters. The first-order valence-electron chi connectivity index (χ1n) is 5.60. The van der Waals surface area contributed by atoms with Crippen LogP contribution in [0.1, 0.15) is 10.5 Å². The molecular formula is C12H12N4OS. The van der Waals surface area contributed by atoms with Crippen molar-refractivity contribution >= 4 is 29.2 Å². The lowest BCUT2D eigenvalue weighted by Crippen LogP contribution is -2.35. The van der Waals surface area contributed by atoms with Crippen LogP contribution in [-0.2, 0) is 0 Å². The fraction of sp³-hybridized carbons (Fsp3) is 0.167. The quantitative estimate of drug-likeness (QED) is 0.819. The van der Waals surface area contributed by atoms with Gasteiger partial charge >= 0.3 is 0 Å². The molecular weight excluding hydrogens is 248 g/mol. The number of nitrogens with zero attached hydrogens (tertiary/aromatic N) is 2. The summed E-state index contributed by atoms with van der Waals surface area (Å²) in [6.45, 7) is 0.694. The fourth-order valence-corrected chi connectivity index (χ4v) is 2.97. The van der Waals surface area contributed by atoms with Crippen molar-refractivity contribution < 1.29 is 4.79 Å². The van der Waals surface area contributed by atoms with Crippen molar-refractivity contribution in [1.29, 1.82) is 0 Å². The number of para-hydroxylation sites is 1. The molecule has 1 aliphatic heterocycles. The van der Waals surface area contributed by atoms with E-state index in [9.17, 15) is 4.79 Å². The molecule has 6 heteroatoms. The first-order valence-corrected chi connectivity index (χ1v) is 6.59. The number of hydrogen-bond acceptors (Lipinski definition) is 4. The van der Waals surface area contributed by atoms with Gasteiger partial charge in [0.05, 0.1) is 5.69 Å². The fourth-order valence-electron chi connectivity index (χ4n) is 1.97. The Morgan fingerprint density at radius 1 is 1.44 bits per heavy atom. The van der Waals surface area contributed by atoms with Crippen LogP contribution in [0.25, 0.3) is 0 Å². The number of carbonyl (C=O) groups excluding carboxylic acids is 1. The highest BCUT2D eigenvalue weighted by Crippen LogP contribution is 2.34. The van der Waals surface area contributed by atoms with Gasteiger partial charge in [0.2, 0.25) is 0 Å². The largest absolute Gasteiger partial charge is 0.382 e. The molecule has 3 N–H and O–H groups in total. The van der Waals surface area contributed by atoms with Gasteiger partial charge in [-0.3, -0.25) is 9.89 Å². The van der Waals surface area contributed by atoms with Gasteiger partial charge in [-0.15, -0.1) is 11.8 Å². The van der Waals surface area contributed by atoms with E-state index in [-0.39, 0.29) is 5.91 Å². The highest BCUT2D eigenvalue weighted by atomic mass is 32.2. The summed E-state index contributed by atoms with van der Waals surface area (Å²) in [5, 5.41) is 6.45. The lowest BCUT2D eigenvalue weighted by atomic mass is 10.2. The van der Waals surface area contributed by atoms with Gasteiger partial charge in [0, 0.05) is 23.3 Å². The van der Waals surface area contributed by atoms with Crippen LogP contribution in [0.5, 0.6) is 0 Å². The molecule has 1 aliphatic rings. The Hall–Kier alpha value is -1.95. The first-order chi connectivity index (χ1) is 8.75. The molecule has 92 valence electrons. The minimum atomic E-state index is -0.0908. The van der Waals surface area contributed by atoms with E-state index < -0.39 is 0 Å². The Bertz CT molecular complexity index is 595. The summed E-state index contributed by atoms with van der Waals surface area (Å²) in [6, 6.07) is 9.47. The van der Waals surface area contributed by atoms with Crippen LogP contribution in [0, 0.1) is 0 Å². The number of amides is 1. The monoisotopic (exact) mass is 260 g/mol. The molecule has 1 amide bonds. The molecule has 18 heavy (non-hydrogen) atoms. The van der Waals surface area contributed by atoms with E-state index >= 15 is 0 Å². The van der Waals surface area contributed by atoms with Crippen LogP contribution in [0.15, 0.2) is 35.2 Å². The van der Waals surface area contributed by atoms with Gasteiger partial charge in [0.1, 0.15) is 11.5 Å². The van der Waals surface area contributed by atoms with Gasteiger partial charge < -0.3 is 10.6 Å². The molecule has 0 atom stereocenters. The van der Waals surface area contributed by atoms with Crippen LogP contribution in [0.2, 0.25) is 0 Å². The smallest absolute Gasteiger partial charge is 0.276 e. The highest BCUT2D eigenvalue weighted by Gasteiger charge is 2.24. The Morgan fingerprint density at radius 3 is 3.06 bits per heavy atom. The number of carbonyl (C=O) groups is 1. The van der Waals surface area contributed by atoms with Gasteiger partial charge in [-0.1, -0.05) is 12.1 Å². The summed E-state index contributed by atoms with van der Waals surface area (Å²) in [4.78, 5) is 15.3. The molecule has 1 aromatic heterocycles. The number of aromatic amines is 1. The average Bonchev–Trinajstić information content (AvgIpc) is 2.84. The average molecular weight is 260 g/mol. The van der Waals surface area contributed by atoms with Crippen molar-refractivity contribution in [2.24, 2.45) is 0 Å². The van der Waals surface area contributed by atoms with Crippen molar-refractivity contribution in [2.45, 2.75) is 4.90 Å². The summed E-state index contributed by atoms with van der Waals surface area (Å²) in [7, 11) is 0. The lowest BCUT2D eigenvalue weighted by Gasteiger charge is -2.28. The molecule has 0 spiro atoms. The third kappa shape index (κ3) is 1.84. The Morgan fingerprint density at radius 2 is 2.28 bits per heavy atom. The molecule has 1 aromatic carbocycles. The predicted molar refractivity (Wildman–Crippen MR) is 71.8 cm³/mol. The SMILES string of the molecule is Nc1cc(C(=O)N2CCSc3ccccc32)[nH]n1. The van der Waals surface area contributed by atoms with Crippen molar-refractivity contribution in [2.75, 3.05) is 22.9 Å². The zero-order valence-electron chi connectivity index (χ0n) is 9.59. The molecule has 0 saturated heterocycles. The number of nitrogens with two attached hydrogens (primary N) is 1. The van der Waals surface area contributed by atoms with E-state index in [1.165, 1.54) is 0 Å². The molecule has 0 radical (unpaired) electrons. The highest BCUT2D eigenvalue weighted by molar-refractivity contribution is 7.99. The van der Waals surface area contributed by atoms with Crippen LogP contribution < -0.4 is 10.6 Å². The molecule has 2 aromatic rings. The van der Waals surface area contributed by atoms with Gasteiger partial charge in [-0.25, -0.2) is 0 Å². The van der Waals surface area contributed by atoms with Crippen molar-refractivity contribution in [3.8, 4) is 0 Å². The second kappa shape index (κ2) is 4.38. The third-order valence-corrected chi connectivity index (χ3v) is 3.84. The number of nitrogen functional groups attached to an aromatic ring is 1. The summed E-state index contributed by atoms with van der Waals surface area (Å²) in [5.74, 6) is 1.14. The summed E-state index contributed by atoms with van der Waals surface area (Å²) in [6.07, 6.45) is 0. The van der Waals surface area contributed by atoms with E-state index in [0.717, 1.165) is 16.3 Å². The van der Waals surface area contributed by atoms with Crippen molar-refractivity contribution in [3.63, 3.8) is 0 Å². The maximum atomic E-state index is 12.4. The minimum absolute atomic E-state index is 0.0908. The second-order valence-corrected chi connectivity index (χ2v) is 5.12. The molecule has 5 nitrogen and oxygen atoms in total. The first kappa shape index (κ1) is 11.2. The number of anilines is 2. The number of rotatable bonds is 1. The number of benzene rings is 1. The van der Waals surface area contributed by atoms with Crippen LogP contribution in [-0.4, -0.2) is 28.4 Å². The van der Waals surface area contributed by atoms with Gasteiger partial charge in [-0.2, -0.15) is 5.10 Å². The van der Waals surface area contributed by atoms with Gasteiger partial charge in [0.15, 0.2) is 0 Å². The van der Waals surface area contributed by atoms with Gasteiger partial charge in [0.25, 0.3) is 5.91 Å². The van der Waals surface area contributed by atoms with E-state index in [1.807, 2.05) is 24.3 Å². The standard InChI is InChI=1S/C12H12N4OS/c13-11-7-8(14-15-11)12(17)16-5-6-18-10-4-2-1-3-9(10)16/h1-4,7H,5-6H2,(H3,13,14,15). The summed E-state index contributed by atoms with van der Waals surface area (Å²) in [5.41, 5.74) is 6.90. The van der Waals surface area contributed by atoms with E-state index in [2.05, 4.69) is 10.2 Å². The Labute approximate surface area is 108 Å². The van der Waals surface area contributed by atoms with E-state index in [1.54, 1.807) is 22.7 Å². The number of thioether (sulfide) groups is 1. The second-order valence-electron chi connectivity index (χ2n) is 3.98. The number of hydrogen-bond donors (Lipinski definition) is 2.